The van der Waals surface area contributed by atoms with Crippen LogP contribution < -0.4 is 0 Å². The molecule has 78 valence electrons. The molecule has 0 heterocycles. The predicted octanol–water partition coefficient (Wildman–Crippen LogP) is 3.50. The molecule has 0 saturated carbocycles. The topological polar surface area (TPSA) is 23.8 Å². The number of halogens is 2. The Morgan fingerprint density at radius 1 is 0.875 bits per heavy atom. The van der Waals surface area contributed by atoms with Gasteiger partial charge in [-0.15, -0.1) is 0 Å². The van der Waals surface area contributed by atoms with Crippen molar-refractivity contribution in [3.05, 3.63) is 59.7 Å². The van der Waals surface area contributed by atoms with E-state index in [-0.39, 0.29) is 16.7 Å². The highest BCUT2D eigenvalue weighted by molar-refractivity contribution is 5.71. The van der Waals surface area contributed by atoms with Gasteiger partial charge < -0.3 is 0 Å². The van der Waals surface area contributed by atoms with Gasteiger partial charge in [-0.05, 0) is 18.2 Å². The maximum absolute atomic E-state index is 13.6. The zero-order valence-electron chi connectivity index (χ0n) is 8.24. The highest BCUT2D eigenvalue weighted by atomic mass is 19.1. The van der Waals surface area contributed by atoms with Crippen LogP contribution in [0.2, 0.25) is 0 Å². The molecule has 0 saturated heterocycles. The minimum absolute atomic E-state index is 0.0168. The van der Waals surface area contributed by atoms with Crippen LogP contribution in [-0.4, -0.2) is 0 Å². The predicted molar refractivity (Wildman–Crippen MR) is 56.5 cm³/mol. The van der Waals surface area contributed by atoms with Crippen LogP contribution in [0.5, 0.6) is 0 Å². The summed E-state index contributed by atoms with van der Waals surface area (Å²) in [5.41, 5.74) is 0.255. The summed E-state index contributed by atoms with van der Waals surface area (Å²) in [4.78, 5) is 0. The lowest BCUT2D eigenvalue weighted by atomic mass is 9.99. The molecule has 0 aromatic heterocycles. The van der Waals surface area contributed by atoms with E-state index in [4.69, 9.17) is 5.26 Å². The van der Waals surface area contributed by atoms with Crippen molar-refractivity contribution in [2.24, 2.45) is 0 Å². The van der Waals surface area contributed by atoms with Gasteiger partial charge in [0.2, 0.25) is 0 Å². The van der Waals surface area contributed by atoms with Crippen LogP contribution in [0.25, 0.3) is 11.1 Å². The number of hydrogen-bond donors (Lipinski definition) is 0. The van der Waals surface area contributed by atoms with Crippen LogP contribution in [0, 0.1) is 23.0 Å². The molecule has 2 rings (SSSR count). The summed E-state index contributed by atoms with van der Waals surface area (Å²) >= 11 is 0. The molecule has 0 N–H and O–H groups in total. The molecule has 2 aromatic rings. The van der Waals surface area contributed by atoms with Gasteiger partial charge in [0.1, 0.15) is 11.6 Å². The third-order valence-electron chi connectivity index (χ3n) is 2.28. The summed E-state index contributed by atoms with van der Waals surface area (Å²) in [6.45, 7) is 0. The lowest BCUT2D eigenvalue weighted by molar-refractivity contribution is 0.616. The van der Waals surface area contributed by atoms with Crippen molar-refractivity contribution >= 4 is 0 Å². The number of nitrogens with zero attached hydrogens (tertiary/aromatic N) is 1. The average molecular weight is 215 g/mol. The maximum atomic E-state index is 13.6. The summed E-state index contributed by atoms with van der Waals surface area (Å²) in [6.07, 6.45) is 0. The summed E-state index contributed by atoms with van der Waals surface area (Å²) in [5.74, 6) is -1.13. The van der Waals surface area contributed by atoms with Gasteiger partial charge in [0.15, 0.2) is 0 Å². The second-order valence-corrected chi connectivity index (χ2v) is 3.25. The Hall–Kier alpha value is -2.21. The van der Waals surface area contributed by atoms with E-state index in [2.05, 4.69) is 0 Å². The van der Waals surface area contributed by atoms with Gasteiger partial charge in [-0.25, -0.2) is 8.78 Å². The van der Waals surface area contributed by atoms with Crippen molar-refractivity contribution in [2.75, 3.05) is 0 Å². The lowest BCUT2D eigenvalue weighted by Crippen LogP contribution is -1.92. The maximum Gasteiger partial charge on any atom is 0.132 e. The van der Waals surface area contributed by atoms with E-state index >= 15 is 0 Å². The molecule has 0 radical (unpaired) electrons. The first kappa shape index (κ1) is 10.3. The van der Waals surface area contributed by atoms with Gasteiger partial charge in [0, 0.05) is 11.1 Å². The molecule has 1 nitrogen and oxygen atoms in total. The molecule has 0 spiro atoms. The van der Waals surface area contributed by atoms with E-state index in [1.807, 2.05) is 6.07 Å². The second-order valence-electron chi connectivity index (χ2n) is 3.25. The van der Waals surface area contributed by atoms with E-state index in [0.717, 1.165) is 0 Å². The molecule has 0 aliphatic heterocycles. The van der Waals surface area contributed by atoms with Crippen molar-refractivity contribution in [1.29, 1.82) is 5.26 Å². The summed E-state index contributed by atoms with van der Waals surface area (Å²) in [7, 11) is 0. The molecule has 0 aliphatic rings. The van der Waals surface area contributed by atoms with Gasteiger partial charge in [-0.1, -0.05) is 24.3 Å². The van der Waals surface area contributed by atoms with Crippen LogP contribution >= 0.6 is 0 Å². The van der Waals surface area contributed by atoms with Crippen molar-refractivity contribution in [1.82, 2.24) is 0 Å². The quantitative estimate of drug-likeness (QED) is 0.714. The summed E-state index contributed by atoms with van der Waals surface area (Å²) in [5, 5.41) is 8.86. The normalized spacial score (nSPS) is 9.81. The van der Waals surface area contributed by atoms with Crippen LogP contribution in [0.4, 0.5) is 8.78 Å². The Kier molecular flexibility index (Phi) is 2.65. The lowest BCUT2D eigenvalue weighted by Gasteiger charge is -2.06. The van der Waals surface area contributed by atoms with Gasteiger partial charge >= 0.3 is 0 Å². The molecule has 0 unspecified atom stereocenters. The molecule has 0 aliphatic carbocycles. The van der Waals surface area contributed by atoms with Crippen LogP contribution in [-0.2, 0) is 0 Å². The summed E-state index contributed by atoms with van der Waals surface area (Å²) in [6, 6.07) is 11.8. The number of rotatable bonds is 1. The van der Waals surface area contributed by atoms with Crippen molar-refractivity contribution in [3.63, 3.8) is 0 Å². The largest absolute Gasteiger partial charge is 0.206 e. The highest BCUT2D eigenvalue weighted by Crippen LogP contribution is 2.28. The molecule has 0 bridgehead atoms. The van der Waals surface area contributed by atoms with Crippen molar-refractivity contribution in [3.8, 4) is 17.2 Å². The fraction of sp³-hybridized carbons (Fsp3) is 0. The second kappa shape index (κ2) is 4.11. The van der Waals surface area contributed by atoms with Gasteiger partial charge in [0.25, 0.3) is 0 Å². The zero-order chi connectivity index (χ0) is 11.5. The molecule has 0 atom stereocenters. The van der Waals surface area contributed by atoms with E-state index in [1.165, 1.54) is 36.4 Å². The summed E-state index contributed by atoms with van der Waals surface area (Å²) < 4.78 is 27.1. The van der Waals surface area contributed by atoms with E-state index in [1.54, 1.807) is 6.07 Å². The van der Waals surface area contributed by atoms with Gasteiger partial charge in [0.05, 0.1) is 11.6 Å². The van der Waals surface area contributed by atoms with E-state index in [9.17, 15) is 8.78 Å². The zero-order valence-corrected chi connectivity index (χ0v) is 8.24. The van der Waals surface area contributed by atoms with Gasteiger partial charge in [-0.2, -0.15) is 5.26 Å². The van der Waals surface area contributed by atoms with E-state index < -0.39 is 11.6 Å². The van der Waals surface area contributed by atoms with Crippen molar-refractivity contribution < 1.29 is 8.78 Å². The number of nitriles is 1. The van der Waals surface area contributed by atoms with Crippen LogP contribution in [0.15, 0.2) is 42.5 Å². The molecule has 0 amide bonds. The Labute approximate surface area is 91.6 Å². The Balaban J connectivity index is 2.75. The minimum Gasteiger partial charge on any atom is -0.206 e. The third-order valence-corrected chi connectivity index (χ3v) is 2.28. The molecular weight excluding hydrogens is 208 g/mol. The first-order chi connectivity index (χ1) is 7.74. The third kappa shape index (κ3) is 1.66. The fourth-order valence-electron chi connectivity index (χ4n) is 1.55. The Morgan fingerprint density at radius 3 is 2.25 bits per heavy atom. The van der Waals surface area contributed by atoms with Crippen molar-refractivity contribution in [2.45, 2.75) is 0 Å². The van der Waals surface area contributed by atoms with Crippen LogP contribution in [0.1, 0.15) is 5.56 Å². The standard InChI is InChI=1S/C13H7F2N/c14-11-6-2-1-5-10(11)13-9(8-16)4-3-7-12(13)15/h1-7H. The molecule has 2 aromatic carbocycles. The molecule has 16 heavy (non-hydrogen) atoms. The average Bonchev–Trinajstić information content (AvgIpc) is 2.30. The van der Waals surface area contributed by atoms with E-state index in [0.29, 0.717) is 0 Å². The van der Waals surface area contributed by atoms with Crippen LogP contribution in [0.3, 0.4) is 0 Å². The minimum atomic E-state index is -0.593. The molecule has 3 heteroatoms. The Bertz CT molecular complexity index is 570. The first-order valence-corrected chi connectivity index (χ1v) is 4.67. The van der Waals surface area contributed by atoms with Gasteiger partial charge in [-0.3, -0.25) is 0 Å². The molecular formula is C13H7F2N. The number of benzene rings is 2. The Morgan fingerprint density at radius 2 is 1.56 bits per heavy atom. The molecule has 0 fully saturated rings. The SMILES string of the molecule is N#Cc1cccc(F)c1-c1ccccc1F. The smallest absolute Gasteiger partial charge is 0.132 e. The monoisotopic (exact) mass is 215 g/mol. The fourth-order valence-corrected chi connectivity index (χ4v) is 1.55. The highest BCUT2D eigenvalue weighted by Gasteiger charge is 2.13. The number of hydrogen-bond acceptors (Lipinski definition) is 1. The first-order valence-electron chi connectivity index (χ1n) is 4.67.